The molecule has 2 amide bonds. The van der Waals surface area contributed by atoms with Crippen molar-refractivity contribution in [3.63, 3.8) is 0 Å². The standard InChI is InChI=1S/C46H65N3O11S2/c1-4-5-6-7-8-9-10-11-12-13-14-15-16-17-18-27-43(50)49(30-28-47-34-60-40-33-42(62(55,56)57)36-24-20-22-26-38(36)45(40)59-3)31-29-48-46(51)39-32-41(61(52,53)54)35-23-19-21-25-37(35)44(39)58-2/h19-26,32-33,47H,4-18,27-31,34H2,1-3H3,(H,48,51)(H,52,53,54)(H,55,56,57). The molecule has 0 aliphatic heterocycles. The van der Waals surface area contributed by atoms with E-state index in [-0.39, 0.29) is 77.3 Å². The molecule has 0 saturated heterocycles. The van der Waals surface area contributed by atoms with Crippen molar-refractivity contribution < 1.29 is 49.7 Å². The molecule has 62 heavy (non-hydrogen) atoms. The molecule has 0 bridgehead atoms. The number of hydrogen-bond donors (Lipinski definition) is 4. The molecule has 0 fully saturated rings. The van der Waals surface area contributed by atoms with Crippen LogP contribution in [0.1, 0.15) is 120 Å². The number of methoxy groups -OCH3 is 2. The first-order valence-electron chi connectivity index (χ1n) is 21.9. The Morgan fingerprint density at radius 2 is 1.06 bits per heavy atom. The average molecular weight is 900 g/mol. The number of hydrogen-bond acceptors (Lipinski definition) is 10. The Balaban J connectivity index is 1.33. The lowest BCUT2D eigenvalue weighted by molar-refractivity contribution is -0.131. The van der Waals surface area contributed by atoms with E-state index in [1.165, 1.54) is 97.0 Å². The maximum Gasteiger partial charge on any atom is 0.295 e. The number of carbonyl (C=O) groups is 2. The Morgan fingerprint density at radius 3 is 1.56 bits per heavy atom. The fraction of sp³-hybridized carbons (Fsp3) is 0.522. The topological polar surface area (TPSA) is 198 Å². The minimum absolute atomic E-state index is 0.0316. The molecule has 0 heterocycles. The monoisotopic (exact) mass is 899 g/mol. The second-order valence-electron chi connectivity index (χ2n) is 15.5. The fourth-order valence-electron chi connectivity index (χ4n) is 7.72. The maximum absolute atomic E-state index is 13.6. The quantitative estimate of drug-likeness (QED) is 0.0221. The Morgan fingerprint density at radius 1 is 0.613 bits per heavy atom. The Hall–Kier alpha value is -4.48. The molecule has 4 aromatic rings. The predicted molar refractivity (Wildman–Crippen MR) is 243 cm³/mol. The summed E-state index contributed by atoms with van der Waals surface area (Å²) >= 11 is 0. The summed E-state index contributed by atoms with van der Waals surface area (Å²) in [6, 6.07) is 15.3. The van der Waals surface area contributed by atoms with Gasteiger partial charge in [-0.05, 0) is 12.5 Å². The van der Waals surface area contributed by atoms with E-state index < -0.39 is 31.0 Å². The van der Waals surface area contributed by atoms with Crippen molar-refractivity contribution in [3.05, 3.63) is 66.2 Å². The first-order valence-corrected chi connectivity index (χ1v) is 24.7. The predicted octanol–water partition coefficient (Wildman–Crippen LogP) is 8.95. The van der Waals surface area contributed by atoms with Crippen molar-refractivity contribution in [2.75, 3.05) is 47.1 Å². The molecular formula is C46H65N3O11S2. The zero-order valence-corrected chi connectivity index (χ0v) is 38.1. The molecule has 0 saturated carbocycles. The van der Waals surface area contributed by atoms with Gasteiger partial charge in [0.15, 0.2) is 11.5 Å². The van der Waals surface area contributed by atoms with E-state index in [0.717, 1.165) is 31.7 Å². The highest BCUT2D eigenvalue weighted by atomic mass is 32.2. The van der Waals surface area contributed by atoms with Crippen LogP contribution < -0.4 is 24.8 Å². The minimum atomic E-state index is -4.69. The number of ether oxygens (including phenoxy) is 3. The summed E-state index contributed by atoms with van der Waals surface area (Å²) in [4.78, 5) is 28.0. The molecule has 4 rings (SSSR count). The van der Waals surface area contributed by atoms with E-state index in [1.54, 1.807) is 47.4 Å². The second-order valence-corrected chi connectivity index (χ2v) is 18.3. The molecule has 0 aliphatic carbocycles. The van der Waals surface area contributed by atoms with Crippen LogP contribution in [0, 0.1) is 0 Å². The number of unbranched alkanes of at least 4 members (excludes halogenated alkanes) is 14. The van der Waals surface area contributed by atoms with Crippen LogP contribution in [0.3, 0.4) is 0 Å². The summed E-state index contributed by atoms with van der Waals surface area (Å²) in [5.74, 6) is -0.216. The third-order valence-electron chi connectivity index (χ3n) is 11.0. The molecule has 0 spiro atoms. The Labute approximate surface area is 367 Å². The number of amides is 2. The molecule has 4 N–H and O–H groups in total. The van der Waals surface area contributed by atoms with Crippen LogP contribution in [0.4, 0.5) is 0 Å². The van der Waals surface area contributed by atoms with Gasteiger partial charge in [0, 0.05) is 60.2 Å². The third kappa shape index (κ3) is 15.1. The molecule has 0 radical (unpaired) electrons. The van der Waals surface area contributed by atoms with Gasteiger partial charge in [0.1, 0.15) is 22.3 Å². The highest BCUT2D eigenvalue weighted by Crippen LogP contribution is 2.39. The van der Waals surface area contributed by atoms with Crippen molar-refractivity contribution in [2.45, 2.75) is 119 Å². The normalized spacial score (nSPS) is 11.8. The second kappa shape index (κ2) is 25.6. The summed E-state index contributed by atoms with van der Waals surface area (Å²) in [6.07, 6.45) is 18.5. The van der Waals surface area contributed by atoms with Crippen LogP contribution in [-0.4, -0.2) is 89.8 Å². The van der Waals surface area contributed by atoms with Gasteiger partial charge in [0.2, 0.25) is 5.91 Å². The first kappa shape index (κ1) is 50.2. The van der Waals surface area contributed by atoms with Gasteiger partial charge in [-0.1, -0.05) is 145 Å². The first-order chi connectivity index (χ1) is 29.8. The zero-order valence-electron chi connectivity index (χ0n) is 36.5. The van der Waals surface area contributed by atoms with Crippen LogP contribution in [0.15, 0.2) is 70.5 Å². The van der Waals surface area contributed by atoms with E-state index >= 15 is 0 Å². The van der Waals surface area contributed by atoms with E-state index in [0.29, 0.717) is 17.2 Å². The van der Waals surface area contributed by atoms with Crippen molar-refractivity contribution in [3.8, 4) is 17.2 Å². The summed E-state index contributed by atoms with van der Waals surface area (Å²) in [5, 5.41) is 7.13. The Bertz CT molecular complexity index is 2290. The smallest absolute Gasteiger partial charge is 0.295 e. The van der Waals surface area contributed by atoms with Gasteiger partial charge in [-0.3, -0.25) is 24.0 Å². The molecule has 16 heteroatoms. The van der Waals surface area contributed by atoms with Gasteiger partial charge >= 0.3 is 0 Å². The van der Waals surface area contributed by atoms with Crippen LogP contribution in [0.5, 0.6) is 17.2 Å². The molecule has 0 unspecified atom stereocenters. The number of nitrogens with zero attached hydrogens (tertiary/aromatic N) is 1. The average Bonchev–Trinajstić information content (AvgIpc) is 3.25. The van der Waals surface area contributed by atoms with Crippen LogP contribution in [0.25, 0.3) is 21.5 Å². The van der Waals surface area contributed by atoms with Gasteiger partial charge in [-0.2, -0.15) is 16.8 Å². The summed E-state index contributed by atoms with van der Waals surface area (Å²) in [5.41, 5.74) is -0.0883. The van der Waals surface area contributed by atoms with Gasteiger partial charge in [0.25, 0.3) is 26.1 Å². The lowest BCUT2D eigenvalue weighted by atomic mass is 10.0. The number of rotatable bonds is 30. The molecular weight excluding hydrogens is 835 g/mol. The third-order valence-corrected chi connectivity index (χ3v) is 12.8. The molecule has 4 aromatic carbocycles. The molecule has 0 aromatic heterocycles. The van der Waals surface area contributed by atoms with E-state index in [9.17, 15) is 35.5 Å². The van der Waals surface area contributed by atoms with Crippen LogP contribution in [-0.2, 0) is 25.0 Å². The number of fused-ring (bicyclic) bond motifs is 2. The molecule has 0 atom stereocenters. The minimum Gasteiger partial charge on any atom is -0.495 e. The van der Waals surface area contributed by atoms with Gasteiger partial charge in [-0.15, -0.1) is 0 Å². The van der Waals surface area contributed by atoms with Gasteiger partial charge < -0.3 is 24.4 Å². The summed E-state index contributed by atoms with van der Waals surface area (Å²) in [7, 11) is -6.48. The fourth-order valence-corrected chi connectivity index (χ4v) is 9.16. The van der Waals surface area contributed by atoms with E-state index in [2.05, 4.69) is 17.6 Å². The van der Waals surface area contributed by atoms with E-state index in [1.807, 2.05) is 0 Å². The van der Waals surface area contributed by atoms with Crippen molar-refractivity contribution in [1.29, 1.82) is 0 Å². The van der Waals surface area contributed by atoms with Gasteiger partial charge in [0.05, 0.1) is 19.8 Å². The van der Waals surface area contributed by atoms with Crippen molar-refractivity contribution in [2.24, 2.45) is 0 Å². The summed E-state index contributed by atoms with van der Waals surface area (Å²) < 4.78 is 85.9. The van der Waals surface area contributed by atoms with E-state index in [4.69, 9.17) is 14.2 Å². The van der Waals surface area contributed by atoms with Crippen LogP contribution >= 0.6 is 0 Å². The highest BCUT2D eigenvalue weighted by molar-refractivity contribution is 7.86. The van der Waals surface area contributed by atoms with Crippen molar-refractivity contribution in [1.82, 2.24) is 15.5 Å². The number of benzene rings is 4. The SMILES string of the molecule is CCCCCCCCCCCCCCCCCC(=O)N(CCNCOc1cc(S(=O)(=O)O)c2ccccc2c1OC)CCNC(=O)c1cc(S(=O)(=O)O)c2ccccc2c1OC. The van der Waals surface area contributed by atoms with Crippen molar-refractivity contribution >= 4 is 53.6 Å². The zero-order chi connectivity index (χ0) is 45.0. The Kier molecular flexibility index (Phi) is 20.7. The number of nitrogens with one attached hydrogen (secondary N) is 2. The summed E-state index contributed by atoms with van der Waals surface area (Å²) in [6.45, 7) is 2.85. The largest absolute Gasteiger partial charge is 0.495 e. The van der Waals surface area contributed by atoms with Gasteiger partial charge in [-0.25, -0.2) is 0 Å². The lowest BCUT2D eigenvalue weighted by Crippen LogP contribution is -2.42. The maximum atomic E-state index is 13.6. The number of carbonyl (C=O) groups excluding carboxylic acids is 2. The lowest BCUT2D eigenvalue weighted by Gasteiger charge is -2.24. The van der Waals surface area contributed by atoms with Crippen LogP contribution in [0.2, 0.25) is 0 Å². The molecule has 0 aliphatic rings. The molecule has 14 nitrogen and oxygen atoms in total. The molecule has 342 valence electrons. The highest BCUT2D eigenvalue weighted by Gasteiger charge is 2.24.